The van der Waals surface area contributed by atoms with Crippen LogP contribution in [0.1, 0.15) is 45.4 Å². The monoisotopic (exact) mass is 552 g/mol. The summed E-state index contributed by atoms with van der Waals surface area (Å²) in [5.41, 5.74) is 0.391. The zero-order chi connectivity index (χ0) is 24.4. The van der Waals surface area contributed by atoms with Crippen molar-refractivity contribution in [3.8, 4) is 5.75 Å². The van der Waals surface area contributed by atoms with E-state index in [1.165, 1.54) is 31.4 Å². The van der Waals surface area contributed by atoms with Crippen LogP contribution in [0.15, 0.2) is 57.9 Å². The van der Waals surface area contributed by atoms with Gasteiger partial charge < -0.3 is 14.8 Å². The Morgan fingerprint density at radius 1 is 1.06 bits per heavy atom. The molecule has 0 saturated heterocycles. The van der Waals surface area contributed by atoms with Crippen molar-refractivity contribution in [2.75, 3.05) is 30.6 Å². The smallest absolute Gasteiger partial charge is 0.264 e. The molecule has 0 bridgehead atoms. The summed E-state index contributed by atoms with van der Waals surface area (Å²) in [4.78, 5) is 12.8. The van der Waals surface area contributed by atoms with Gasteiger partial charge in [0.15, 0.2) is 0 Å². The van der Waals surface area contributed by atoms with E-state index < -0.39 is 10.0 Å². The molecule has 0 heterocycles. The summed E-state index contributed by atoms with van der Waals surface area (Å²) in [7, 11) is -3.95. The predicted octanol–water partition coefficient (Wildman–Crippen LogP) is 4.90. The second-order valence-corrected chi connectivity index (χ2v) is 11.0. The molecule has 0 aromatic heterocycles. The molecule has 1 N–H and O–H groups in total. The van der Waals surface area contributed by atoms with Gasteiger partial charge >= 0.3 is 0 Å². The van der Waals surface area contributed by atoms with E-state index >= 15 is 0 Å². The first-order valence-electron chi connectivity index (χ1n) is 11.8. The normalized spacial score (nSPS) is 14.5. The highest BCUT2D eigenvalue weighted by molar-refractivity contribution is 9.10. The van der Waals surface area contributed by atoms with Crippen LogP contribution in [0.25, 0.3) is 0 Å². The van der Waals surface area contributed by atoms with E-state index in [9.17, 15) is 13.2 Å². The lowest BCUT2D eigenvalue weighted by Crippen LogP contribution is -2.41. The molecular formula is C25H33BrN2O5S. The van der Waals surface area contributed by atoms with Gasteiger partial charge in [0.25, 0.3) is 10.0 Å². The van der Waals surface area contributed by atoms with Gasteiger partial charge in [-0.2, -0.15) is 0 Å². The van der Waals surface area contributed by atoms with E-state index in [0.717, 1.165) is 21.6 Å². The Morgan fingerprint density at radius 3 is 2.38 bits per heavy atom. The molecule has 9 heteroatoms. The molecule has 1 fully saturated rings. The van der Waals surface area contributed by atoms with Crippen LogP contribution in [-0.2, 0) is 19.6 Å². The number of carbonyl (C=O) groups is 1. The summed E-state index contributed by atoms with van der Waals surface area (Å²) in [5.74, 6) is 0.266. The Morgan fingerprint density at radius 2 is 1.74 bits per heavy atom. The molecule has 34 heavy (non-hydrogen) atoms. The first-order valence-corrected chi connectivity index (χ1v) is 14.0. The molecule has 1 aliphatic carbocycles. The van der Waals surface area contributed by atoms with Crippen molar-refractivity contribution in [1.82, 2.24) is 5.32 Å². The number of sulfonamides is 1. The highest BCUT2D eigenvalue weighted by atomic mass is 79.9. The van der Waals surface area contributed by atoms with Crippen molar-refractivity contribution in [2.24, 2.45) is 0 Å². The van der Waals surface area contributed by atoms with Crippen LogP contribution in [0.5, 0.6) is 5.75 Å². The van der Waals surface area contributed by atoms with Crippen LogP contribution in [0, 0.1) is 0 Å². The van der Waals surface area contributed by atoms with Crippen molar-refractivity contribution >= 4 is 37.5 Å². The van der Waals surface area contributed by atoms with Gasteiger partial charge in [0.2, 0.25) is 5.91 Å². The molecule has 3 rings (SSSR count). The van der Waals surface area contributed by atoms with E-state index in [1.807, 2.05) is 6.92 Å². The summed E-state index contributed by atoms with van der Waals surface area (Å²) < 4.78 is 40.1. The highest BCUT2D eigenvalue weighted by Crippen LogP contribution is 2.26. The average Bonchev–Trinajstić information content (AvgIpc) is 2.84. The van der Waals surface area contributed by atoms with Gasteiger partial charge in [-0.15, -0.1) is 0 Å². The molecule has 2 aromatic carbocycles. The van der Waals surface area contributed by atoms with Crippen LogP contribution in [-0.4, -0.2) is 46.7 Å². The fraction of sp³-hybridized carbons (Fsp3) is 0.480. The van der Waals surface area contributed by atoms with Gasteiger partial charge in [0, 0.05) is 17.6 Å². The Kier molecular flexibility index (Phi) is 10.2. The first-order chi connectivity index (χ1) is 16.4. The maximum absolute atomic E-state index is 13.4. The standard InChI is InChI=1S/C25H33BrN2O5S/c1-2-32-23-13-11-21(12-14-23)28(34(30,31)24-15-9-20(26)10-16-24)19-25(29)27-17-6-18-33-22-7-4-3-5-8-22/h9-16,22H,2-8,17-19H2,1H3,(H,27,29). The Balaban J connectivity index is 1.64. The molecule has 0 aliphatic heterocycles. The first kappa shape index (κ1) is 26.5. The van der Waals surface area contributed by atoms with E-state index in [0.29, 0.717) is 43.7 Å². The minimum Gasteiger partial charge on any atom is -0.494 e. The number of hydrogen-bond acceptors (Lipinski definition) is 5. The number of nitrogens with one attached hydrogen (secondary N) is 1. The van der Waals surface area contributed by atoms with Gasteiger partial charge in [0.1, 0.15) is 12.3 Å². The van der Waals surface area contributed by atoms with Crippen LogP contribution in [0.3, 0.4) is 0 Å². The third-order valence-electron chi connectivity index (χ3n) is 5.67. The predicted molar refractivity (Wildman–Crippen MR) is 137 cm³/mol. The largest absolute Gasteiger partial charge is 0.494 e. The zero-order valence-corrected chi connectivity index (χ0v) is 21.9. The molecule has 0 radical (unpaired) electrons. The maximum atomic E-state index is 13.4. The lowest BCUT2D eigenvalue weighted by molar-refractivity contribution is -0.119. The van der Waals surface area contributed by atoms with Crippen LogP contribution >= 0.6 is 15.9 Å². The third-order valence-corrected chi connectivity index (χ3v) is 7.99. The summed E-state index contributed by atoms with van der Waals surface area (Å²) in [5, 5.41) is 2.83. The van der Waals surface area contributed by atoms with E-state index in [2.05, 4.69) is 21.2 Å². The summed E-state index contributed by atoms with van der Waals surface area (Å²) in [6, 6.07) is 13.0. The molecule has 0 unspecified atom stereocenters. The van der Waals surface area contributed by atoms with E-state index in [1.54, 1.807) is 36.4 Å². The van der Waals surface area contributed by atoms with Crippen LogP contribution in [0.4, 0.5) is 5.69 Å². The molecule has 7 nitrogen and oxygen atoms in total. The van der Waals surface area contributed by atoms with E-state index in [-0.39, 0.29) is 17.3 Å². The Bertz CT molecular complexity index is 1010. The Labute approximate surface area is 211 Å². The minimum atomic E-state index is -3.95. The average molecular weight is 554 g/mol. The third kappa shape index (κ3) is 7.71. The molecule has 1 aliphatic rings. The molecule has 2 aromatic rings. The molecule has 1 amide bonds. The molecule has 186 valence electrons. The van der Waals surface area contributed by atoms with Gasteiger partial charge in [-0.3, -0.25) is 9.10 Å². The maximum Gasteiger partial charge on any atom is 0.264 e. The number of halogens is 1. The van der Waals surface area contributed by atoms with Gasteiger partial charge in [-0.25, -0.2) is 8.42 Å². The molecule has 0 spiro atoms. The second kappa shape index (κ2) is 13.1. The SMILES string of the molecule is CCOc1ccc(N(CC(=O)NCCCOC2CCCCC2)S(=O)(=O)c2ccc(Br)cc2)cc1. The lowest BCUT2D eigenvalue weighted by Gasteiger charge is -2.24. The number of ether oxygens (including phenoxy) is 2. The van der Waals surface area contributed by atoms with Gasteiger partial charge in [-0.1, -0.05) is 35.2 Å². The summed E-state index contributed by atoms with van der Waals surface area (Å²) >= 11 is 3.33. The summed E-state index contributed by atoms with van der Waals surface area (Å²) in [6.45, 7) is 3.08. The number of anilines is 1. The lowest BCUT2D eigenvalue weighted by atomic mass is 9.98. The van der Waals surface area contributed by atoms with Gasteiger partial charge in [0.05, 0.1) is 23.3 Å². The number of nitrogens with zero attached hydrogens (tertiary/aromatic N) is 1. The second-order valence-electron chi connectivity index (χ2n) is 8.23. The fourth-order valence-corrected chi connectivity index (χ4v) is 5.58. The van der Waals surface area contributed by atoms with Crippen molar-refractivity contribution in [3.63, 3.8) is 0 Å². The number of carbonyl (C=O) groups excluding carboxylic acids is 1. The highest BCUT2D eigenvalue weighted by Gasteiger charge is 2.27. The fourth-order valence-electron chi connectivity index (χ4n) is 3.89. The number of benzene rings is 2. The van der Waals surface area contributed by atoms with Crippen molar-refractivity contribution < 1.29 is 22.7 Å². The number of rotatable bonds is 12. The van der Waals surface area contributed by atoms with Crippen molar-refractivity contribution in [2.45, 2.75) is 56.4 Å². The molecule has 0 atom stereocenters. The molecular weight excluding hydrogens is 520 g/mol. The van der Waals surface area contributed by atoms with Crippen molar-refractivity contribution in [3.05, 3.63) is 53.0 Å². The van der Waals surface area contributed by atoms with Gasteiger partial charge in [-0.05, 0) is 74.7 Å². The van der Waals surface area contributed by atoms with Crippen molar-refractivity contribution in [1.29, 1.82) is 0 Å². The number of amides is 1. The minimum absolute atomic E-state index is 0.110. The quantitative estimate of drug-likeness (QED) is 0.378. The number of hydrogen-bond donors (Lipinski definition) is 1. The molecule has 1 saturated carbocycles. The van der Waals surface area contributed by atoms with E-state index in [4.69, 9.17) is 9.47 Å². The topological polar surface area (TPSA) is 84.9 Å². The van der Waals surface area contributed by atoms with Crippen LogP contribution in [0.2, 0.25) is 0 Å². The van der Waals surface area contributed by atoms with Crippen LogP contribution < -0.4 is 14.4 Å². The summed E-state index contributed by atoms with van der Waals surface area (Å²) in [6.07, 6.45) is 6.95. The Hall–Kier alpha value is -2.10. The zero-order valence-electron chi connectivity index (χ0n) is 19.5.